The first-order valence-electron chi connectivity index (χ1n) is 3.88. The SMILES string of the molecule is N[C@H]1C[C@@H]1c1cc(Cl)cc(Cl)c1. The average molecular weight is 202 g/mol. The Kier molecular flexibility index (Phi) is 2.03. The fraction of sp³-hybridized carbons (Fsp3) is 0.333. The summed E-state index contributed by atoms with van der Waals surface area (Å²) in [5.74, 6) is 0.473. The molecule has 3 heteroatoms. The molecule has 0 radical (unpaired) electrons. The first kappa shape index (κ1) is 8.36. The maximum atomic E-state index is 5.84. The van der Waals surface area contributed by atoms with E-state index in [1.165, 1.54) is 5.56 Å². The molecule has 2 rings (SSSR count). The van der Waals surface area contributed by atoms with Gasteiger partial charge in [0.2, 0.25) is 0 Å². The molecule has 1 aliphatic carbocycles. The van der Waals surface area contributed by atoms with Gasteiger partial charge in [0, 0.05) is 22.0 Å². The van der Waals surface area contributed by atoms with Gasteiger partial charge >= 0.3 is 0 Å². The van der Waals surface area contributed by atoms with E-state index in [1.54, 1.807) is 6.07 Å². The summed E-state index contributed by atoms with van der Waals surface area (Å²) in [6.45, 7) is 0. The fourth-order valence-corrected chi connectivity index (χ4v) is 1.93. The van der Waals surface area contributed by atoms with Crippen molar-refractivity contribution in [3.63, 3.8) is 0 Å². The first-order valence-corrected chi connectivity index (χ1v) is 4.64. The van der Waals surface area contributed by atoms with Crippen molar-refractivity contribution in [2.45, 2.75) is 18.4 Å². The molecular formula is C9H9Cl2N. The van der Waals surface area contributed by atoms with Gasteiger partial charge in [-0.15, -0.1) is 0 Å². The Bertz CT molecular complexity index is 291. The van der Waals surface area contributed by atoms with Crippen LogP contribution in [-0.2, 0) is 0 Å². The van der Waals surface area contributed by atoms with Crippen LogP contribution in [-0.4, -0.2) is 6.04 Å². The van der Waals surface area contributed by atoms with Gasteiger partial charge in [-0.05, 0) is 30.2 Å². The van der Waals surface area contributed by atoms with Gasteiger partial charge in [0.15, 0.2) is 0 Å². The Morgan fingerprint density at radius 2 is 1.67 bits per heavy atom. The average Bonchev–Trinajstić information content (AvgIpc) is 2.64. The minimum Gasteiger partial charge on any atom is -0.327 e. The summed E-state index contributed by atoms with van der Waals surface area (Å²) in [4.78, 5) is 0. The van der Waals surface area contributed by atoms with Crippen molar-refractivity contribution in [3.8, 4) is 0 Å². The minimum absolute atomic E-state index is 0.305. The van der Waals surface area contributed by atoms with Crippen molar-refractivity contribution in [1.82, 2.24) is 0 Å². The summed E-state index contributed by atoms with van der Waals surface area (Å²) >= 11 is 11.7. The molecule has 12 heavy (non-hydrogen) atoms. The zero-order valence-corrected chi connectivity index (χ0v) is 7.94. The van der Waals surface area contributed by atoms with Crippen LogP contribution in [0.4, 0.5) is 0 Å². The summed E-state index contributed by atoms with van der Waals surface area (Å²) in [6, 6.07) is 5.91. The third kappa shape index (κ3) is 1.58. The van der Waals surface area contributed by atoms with E-state index in [-0.39, 0.29) is 0 Å². The van der Waals surface area contributed by atoms with Crippen molar-refractivity contribution in [1.29, 1.82) is 0 Å². The van der Waals surface area contributed by atoms with Gasteiger partial charge in [-0.3, -0.25) is 0 Å². The van der Waals surface area contributed by atoms with Crippen LogP contribution in [0.1, 0.15) is 17.9 Å². The van der Waals surface area contributed by atoms with Crippen LogP contribution in [0, 0.1) is 0 Å². The molecule has 1 saturated carbocycles. The maximum absolute atomic E-state index is 5.84. The Hall–Kier alpha value is -0.240. The number of hydrogen-bond donors (Lipinski definition) is 1. The van der Waals surface area contributed by atoms with Gasteiger partial charge < -0.3 is 5.73 Å². The molecule has 0 heterocycles. The zero-order valence-electron chi connectivity index (χ0n) is 6.43. The molecular weight excluding hydrogens is 193 g/mol. The lowest BCUT2D eigenvalue weighted by Crippen LogP contribution is -2.00. The molecule has 0 saturated heterocycles. The topological polar surface area (TPSA) is 26.0 Å². The van der Waals surface area contributed by atoms with E-state index >= 15 is 0 Å². The zero-order chi connectivity index (χ0) is 8.72. The van der Waals surface area contributed by atoms with Gasteiger partial charge in [0.25, 0.3) is 0 Å². The molecule has 1 aromatic rings. The lowest BCUT2D eigenvalue weighted by atomic mass is 10.1. The molecule has 0 unspecified atom stereocenters. The minimum atomic E-state index is 0.305. The molecule has 1 aliphatic rings. The summed E-state index contributed by atoms with van der Waals surface area (Å²) < 4.78 is 0. The third-order valence-corrected chi connectivity index (χ3v) is 2.59. The highest BCUT2D eigenvalue weighted by Crippen LogP contribution is 2.40. The van der Waals surface area contributed by atoms with Gasteiger partial charge in [-0.2, -0.15) is 0 Å². The molecule has 1 nitrogen and oxygen atoms in total. The van der Waals surface area contributed by atoms with Crippen LogP contribution in [0.5, 0.6) is 0 Å². The monoisotopic (exact) mass is 201 g/mol. The van der Waals surface area contributed by atoms with Crippen molar-refractivity contribution in [2.75, 3.05) is 0 Å². The number of halogens is 2. The van der Waals surface area contributed by atoms with Crippen LogP contribution in [0.2, 0.25) is 10.0 Å². The predicted molar refractivity (Wildman–Crippen MR) is 51.8 cm³/mol. The van der Waals surface area contributed by atoms with Crippen LogP contribution in [0.3, 0.4) is 0 Å². The standard InChI is InChI=1S/C9H9Cl2N/c10-6-1-5(2-7(11)3-6)8-4-9(8)12/h1-3,8-9H,4,12H2/t8-,9+/m1/s1. The number of benzene rings is 1. The van der Waals surface area contributed by atoms with Crippen LogP contribution in [0.25, 0.3) is 0 Å². The smallest absolute Gasteiger partial charge is 0.0423 e. The molecule has 0 amide bonds. The van der Waals surface area contributed by atoms with Crippen LogP contribution in [0.15, 0.2) is 18.2 Å². The molecule has 0 spiro atoms. The Labute approximate surface area is 81.5 Å². The highest BCUT2D eigenvalue weighted by Gasteiger charge is 2.34. The van der Waals surface area contributed by atoms with Crippen LogP contribution >= 0.6 is 23.2 Å². The predicted octanol–water partition coefficient (Wildman–Crippen LogP) is 2.81. The summed E-state index contributed by atoms with van der Waals surface area (Å²) in [5, 5.41) is 1.38. The third-order valence-electron chi connectivity index (χ3n) is 2.15. The normalized spacial score (nSPS) is 27.2. The lowest BCUT2D eigenvalue weighted by Gasteiger charge is -2.00. The van der Waals surface area contributed by atoms with E-state index in [0.717, 1.165) is 6.42 Å². The largest absolute Gasteiger partial charge is 0.327 e. The second-order valence-corrected chi connectivity index (χ2v) is 4.08. The Balaban J connectivity index is 2.32. The molecule has 0 bridgehead atoms. The van der Waals surface area contributed by atoms with Gasteiger partial charge in [0.1, 0.15) is 0 Å². The Morgan fingerprint density at radius 1 is 1.17 bits per heavy atom. The van der Waals surface area contributed by atoms with Crippen molar-refractivity contribution >= 4 is 23.2 Å². The number of nitrogens with two attached hydrogens (primary N) is 1. The van der Waals surface area contributed by atoms with E-state index in [0.29, 0.717) is 22.0 Å². The quantitative estimate of drug-likeness (QED) is 0.744. The Morgan fingerprint density at radius 3 is 2.08 bits per heavy atom. The number of hydrogen-bond acceptors (Lipinski definition) is 1. The van der Waals surface area contributed by atoms with Gasteiger partial charge in [0.05, 0.1) is 0 Å². The highest BCUT2D eigenvalue weighted by atomic mass is 35.5. The van der Waals surface area contributed by atoms with Crippen molar-refractivity contribution in [2.24, 2.45) is 5.73 Å². The van der Waals surface area contributed by atoms with E-state index in [2.05, 4.69) is 0 Å². The van der Waals surface area contributed by atoms with E-state index in [1.807, 2.05) is 12.1 Å². The van der Waals surface area contributed by atoms with Crippen molar-refractivity contribution < 1.29 is 0 Å². The van der Waals surface area contributed by atoms with Crippen LogP contribution < -0.4 is 5.73 Å². The highest BCUT2D eigenvalue weighted by molar-refractivity contribution is 6.34. The van der Waals surface area contributed by atoms with E-state index < -0.39 is 0 Å². The van der Waals surface area contributed by atoms with E-state index in [4.69, 9.17) is 28.9 Å². The molecule has 0 aliphatic heterocycles. The summed E-state index contributed by atoms with van der Waals surface area (Å²) in [6.07, 6.45) is 1.05. The maximum Gasteiger partial charge on any atom is 0.0423 e. The fourth-order valence-electron chi connectivity index (χ4n) is 1.39. The van der Waals surface area contributed by atoms with Crippen molar-refractivity contribution in [3.05, 3.63) is 33.8 Å². The van der Waals surface area contributed by atoms with E-state index in [9.17, 15) is 0 Å². The van der Waals surface area contributed by atoms with Gasteiger partial charge in [-0.1, -0.05) is 23.2 Å². The summed E-state index contributed by atoms with van der Waals surface area (Å²) in [7, 11) is 0. The second kappa shape index (κ2) is 2.91. The lowest BCUT2D eigenvalue weighted by molar-refractivity contribution is 0.991. The molecule has 0 aromatic heterocycles. The molecule has 2 atom stereocenters. The molecule has 1 aromatic carbocycles. The molecule has 2 N–H and O–H groups in total. The second-order valence-electron chi connectivity index (χ2n) is 3.21. The number of rotatable bonds is 1. The first-order chi connectivity index (χ1) is 5.66. The van der Waals surface area contributed by atoms with Gasteiger partial charge in [-0.25, -0.2) is 0 Å². The molecule has 1 fully saturated rings. The molecule has 64 valence electrons. The summed E-state index contributed by atoms with van der Waals surface area (Å²) in [5.41, 5.74) is 6.88.